The van der Waals surface area contributed by atoms with Crippen LogP contribution in [0.3, 0.4) is 0 Å². The summed E-state index contributed by atoms with van der Waals surface area (Å²) in [5.74, 6) is 0.327. The Morgan fingerprint density at radius 2 is 2.12 bits per heavy atom. The quantitative estimate of drug-likeness (QED) is 0.257. The third kappa shape index (κ3) is 4.52. The number of amidine groups is 1. The summed E-state index contributed by atoms with van der Waals surface area (Å²) in [5, 5.41) is 20.6. The molecule has 1 saturated carbocycles. The average molecular weight is 243 g/mol. The van der Waals surface area contributed by atoms with Gasteiger partial charge in [0.15, 0.2) is 0 Å². The molecule has 0 atom stereocenters. The van der Waals surface area contributed by atoms with Gasteiger partial charge in [0, 0.05) is 32.2 Å². The summed E-state index contributed by atoms with van der Waals surface area (Å²) in [7, 11) is 0. The van der Waals surface area contributed by atoms with E-state index in [0.29, 0.717) is 18.3 Å². The van der Waals surface area contributed by atoms with Gasteiger partial charge in [-0.25, -0.2) is 0 Å². The zero-order chi connectivity index (χ0) is 12.9. The van der Waals surface area contributed by atoms with Crippen LogP contribution in [0.25, 0.3) is 0 Å². The molecule has 1 rings (SSSR count). The summed E-state index contributed by atoms with van der Waals surface area (Å²) < 4.78 is 0. The van der Waals surface area contributed by atoms with Crippen molar-refractivity contribution >= 4 is 5.84 Å². The van der Waals surface area contributed by atoms with Crippen molar-refractivity contribution in [2.45, 2.75) is 45.6 Å². The van der Waals surface area contributed by atoms with Gasteiger partial charge < -0.3 is 20.9 Å². The molecule has 0 bridgehead atoms. The van der Waals surface area contributed by atoms with Crippen molar-refractivity contribution in [3.63, 3.8) is 0 Å². The molecule has 1 aliphatic rings. The number of oxime groups is 1. The molecule has 0 aromatic rings. The van der Waals surface area contributed by atoms with Crippen LogP contribution < -0.4 is 5.73 Å². The lowest BCUT2D eigenvalue weighted by Crippen LogP contribution is -2.38. The molecular formula is C12H25N3O2. The zero-order valence-electron chi connectivity index (χ0n) is 10.9. The van der Waals surface area contributed by atoms with E-state index < -0.39 is 0 Å². The molecule has 0 spiro atoms. The van der Waals surface area contributed by atoms with Gasteiger partial charge in [-0.15, -0.1) is 0 Å². The smallest absolute Gasteiger partial charge is 0.139 e. The molecule has 100 valence electrons. The SMILES string of the molecule is CC(C)N(CCCO)CC1(CC(N)=NO)CC1. The van der Waals surface area contributed by atoms with E-state index in [1.54, 1.807) is 0 Å². The van der Waals surface area contributed by atoms with Crippen molar-refractivity contribution in [1.82, 2.24) is 4.90 Å². The number of rotatable bonds is 8. The summed E-state index contributed by atoms with van der Waals surface area (Å²) >= 11 is 0. The maximum Gasteiger partial charge on any atom is 0.139 e. The summed E-state index contributed by atoms with van der Waals surface area (Å²) in [5.41, 5.74) is 5.80. The lowest BCUT2D eigenvalue weighted by Gasteiger charge is -2.30. The Bertz CT molecular complexity index is 262. The summed E-state index contributed by atoms with van der Waals surface area (Å²) in [4.78, 5) is 2.37. The first-order valence-corrected chi connectivity index (χ1v) is 6.34. The largest absolute Gasteiger partial charge is 0.409 e. The van der Waals surface area contributed by atoms with Crippen LogP contribution in [0.15, 0.2) is 5.16 Å². The van der Waals surface area contributed by atoms with E-state index in [4.69, 9.17) is 16.0 Å². The molecule has 0 saturated heterocycles. The molecule has 0 heterocycles. The molecule has 0 unspecified atom stereocenters. The Kier molecular flexibility index (Phi) is 5.21. The van der Waals surface area contributed by atoms with Crippen molar-refractivity contribution in [3.8, 4) is 0 Å². The highest BCUT2D eigenvalue weighted by atomic mass is 16.4. The maximum absolute atomic E-state index is 8.90. The molecule has 0 radical (unpaired) electrons. The Balaban J connectivity index is 2.48. The second-order valence-electron chi connectivity index (χ2n) is 5.41. The van der Waals surface area contributed by atoms with Gasteiger partial charge in [-0.2, -0.15) is 0 Å². The number of hydrogen-bond acceptors (Lipinski definition) is 4. The van der Waals surface area contributed by atoms with Crippen LogP contribution in [-0.2, 0) is 0 Å². The number of nitrogens with two attached hydrogens (primary N) is 1. The number of aliphatic hydroxyl groups is 1. The van der Waals surface area contributed by atoms with Crippen LogP contribution in [0.1, 0.15) is 39.5 Å². The molecule has 4 N–H and O–H groups in total. The van der Waals surface area contributed by atoms with E-state index in [0.717, 1.165) is 32.4 Å². The van der Waals surface area contributed by atoms with Gasteiger partial charge in [0.2, 0.25) is 0 Å². The Morgan fingerprint density at radius 3 is 2.53 bits per heavy atom. The summed E-state index contributed by atoms with van der Waals surface area (Å²) in [6.45, 7) is 6.44. The number of aliphatic hydroxyl groups excluding tert-OH is 1. The van der Waals surface area contributed by atoms with Crippen molar-refractivity contribution in [2.24, 2.45) is 16.3 Å². The van der Waals surface area contributed by atoms with E-state index in [1.165, 1.54) is 0 Å². The van der Waals surface area contributed by atoms with Crippen LogP contribution >= 0.6 is 0 Å². The Hall–Kier alpha value is -0.810. The third-order valence-corrected chi connectivity index (χ3v) is 3.51. The predicted octanol–water partition coefficient (Wildman–Crippen LogP) is 0.996. The van der Waals surface area contributed by atoms with Crippen molar-refractivity contribution in [2.75, 3.05) is 19.7 Å². The Labute approximate surface area is 103 Å². The minimum atomic E-state index is 0.204. The summed E-state index contributed by atoms with van der Waals surface area (Å²) in [6, 6.07) is 0.464. The molecular weight excluding hydrogens is 218 g/mol. The topological polar surface area (TPSA) is 82.1 Å². The van der Waals surface area contributed by atoms with Gasteiger partial charge in [0.1, 0.15) is 5.84 Å². The number of hydrogen-bond donors (Lipinski definition) is 3. The monoisotopic (exact) mass is 243 g/mol. The fraction of sp³-hybridized carbons (Fsp3) is 0.917. The maximum atomic E-state index is 8.90. The normalized spacial score (nSPS) is 19.0. The molecule has 1 aliphatic carbocycles. The molecule has 0 aromatic heterocycles. The van der Waals surface area contributed by atoms with Gasteiger partial charge in [-0.1, -0.05) is 5.16 Å². The van der Waals surface area contributed by atoms with Crippen molar-refractivity contribution in [1.29, 1.82) is 0 Å². The van der Waals surface area contributed by atoms with E-state index in [2.05, 4.69) is 23.9 Å². The first kappa shape index (κ1) is 14.3. The van der Waals surface area contributed by atoms with Gasteiger partial charge in [-0.3, -0.25) is 0 Å². The van der Waals surface area contributed by atoms with Gasteiger partial charge in [0.25, 0.3) is 0 Å². The predicted molar refractivity (Wildman–Crippen MR) is 68.1 cm³/mol. The molecule has 5 heteroatoms. The lowest BCUT2D eigenvalue weighted by molar-refractivity contribution is 0.160. The van der Waals surface area contributed by atoms with E-state index >= 15 is 0 Å². The highest BCUT2D eigenvalue weighted by Gasteiger charge is 2.44. The second-order valence-corrected chi connectivity index (χ2v) is 5.41. The first-order valence-electron chi connectivity index (χ1n) is 6.34. The van der Waals surface area contributed by atoms with Crippen LogP contribution in [0.2, 0.25) is 0 Å². The van der Waals surface area contributed by atoms with Crippen molar-refractivity contribution < 1.29 is 10.3 Å². The molecule has 1 fully saturated rings. The van der Waals surface area contributed by atoms with Crippen LogP contribution in [0.5, 0.6) is 0 Å². The van der Waals surface area contributed by atoms with E-state index in [1.807, 2.05) is 0 Å². The van der Waals surface area contributed by atoms with Gasteiger partial charge in [-0.05, 0) is 38.5 Å². The van der Waals surface area contributed by atoms with E-state index in [-0.39, 0.29) is 12.0 Å². The van der Waals surface area contributed by atoms with Gasteiger partial charge >= 0.3 is 0 Å². The van der Waals surface area contributed by atoms with E-state index in [9.17, 15) is 0 Å². The van der Waals surface area contributed by atoms with Crippen LogP contribution in [-0.4, -0.2) is 46.8 Å². The lowest BCUT2D eigenvalue weighted by atomic mass is 10.00. The standard InChI is InChI=1S/C12H25N3O2/c1-10(2)15(6-3-7-16)9-12(4-5-12)8-11(13)14-17/h10,16-17H,3-9H2,1-2H3,(H2,13,14). The molecule has 5 nitrogen and oxygen atoms in total. The molecule has 0 amide bonds. The third-order valence-electron chi connectivity index (χ3n) is 3.51. The highest BCUT2D eigenvalue weighted by molar-refractivity contribution is 5.80. The minimum absolute atomic E-state index is 0.204. The first-order chi connectivity index (χ1) is 8.03. The highest BCUT2D eigenvalue weighted by Crippen LogP contribution is 2.49. The zero-order valence-corrected chi connectivity index (χ0v) is 10.9. The summed E-state index contributed by atoms with van der Waals surface area (Å²) in [6.07, 6.45) is 3.76. The van der Waals surface area contributed by atoms with Crippen LogP contribution in [0, 0.1) is 5.41 Å². The molecule has 17 heavy (non-hydrogen) atoms. The second kappa shape index (κ2) is 6.21. The van der Waals surface area contributed by atoms with Gasteiger partial charge in [0.05, 0.1) is 0 Å². The van der Waals surface area contributed by atoms with Crippen LogP contribution in [0.4, 0.5) is 0 Å². The molecule has 0 aromatic carbocycles. The minimum Gasteiger partial charge on any atom is -0.409 e. The fourth-order valence-electron chi connectivity index (χ4n) is 2.21. The van der Waals surface area contributed by atoms with Crippen molar-refractivity contribution in [3.05, 3.63) is 0 Å². The molecule has 0 aliphatic heterocycles. The average Bonchev–Trinajstić information content (AvgIpc) is 3.03. The fourth-order valence-corrected chi connectivity index (χ4v) is 2.21. The number of nitrogens with zero attached hydrogens (tertiary/aromatic N) is 2. The Morgan fingerprint density at radius 1 is 1.47 bits per heavy atom.